The number of hydrogen-bond donors (Lipinski definition) is 4. The van der Waals surface area contributed by atoms with Gasteiger partial charge in [-0.1, -0.05) is 27.0 Å². The van der Waals surface area contributed by atoms with E-state index >= 15 is 0 Å². The van der Waals surface area contributed by atoms with Crippen molar-refractivity contribution in [2.24, 2.45) is 0 Å². The molecule has 508 valence electrons. The van der Waals surface area contributed by atoms with E-state index in [1.54, 1.807) is 75.0 Å². The van der Waals surface area contributed by atoms with E-state index in [0.717, 1.165) is 16.5 Å². The van der Waals surface area contributed by atoms with E-state index < -0.39 is 65.8 Å². The van der Waals surface area contributed by atoms with E-state index in [1.807, 2.05) is 0 Å². The first kappa shape index (κ1) is 81.0. The molecule has 2 aliphatic heterocycles. The number of carbonyl (C=O) groups is 8. The number of carboxylic acids is 1. The zero-order valence-electron chi connectivity index (χ0n) is 49.4. The van der Waals surface area contributed by atoms with Crippen molar-refractivity contribution in [1.29, 1.82) is 0 Å². The molecule has 35 heteroatoms. The normalized spacial score (nSPS) is 15.0. The molecule has 0 saturated carbocycles. The van der Waals surface area contributed by atoms with Crippen molar-refractivity contribution >= 4 is 161 Å². The van der Waals surface area contributed by atoms with E-state index in [4.69, 9.17) is 14.6 Å². The van der Waals surface area contributed by atoms with Crippen molar-refractivity contribution in [3.05, 3.63) is 129 Å². The number of amides is 3. The molecule has 3 amide bonds. The molecule has 2 fully saturated rings. The summed E-state index contributed by atoms with van der Waals surface area (Å²) in [5, 5.41) is 26.3. The molecule has 8 aromatic rings. The fourth-order valence-corrected chi connectivity index (χ4v) is 9.94. The molecule has 0 radical (unpaired) electrons. The number of esters is 2. The number of fused-ring (bicyclic) bond motifs is 2. The van der Waals surface area contributed by atoms with Gasteiger partial charge in [-0.25, -0.2) is 47.5 Å². The lowest BCUT2D eigenvalue weighted by Crippen LogP contribution is -2.44. The molecule has 2 aromatic carbocycles. The average Bonchev–Trinajstić information content (AvgIpc) is 1.65. The summed E-state index contributed by atoms with van der Waals surface area (Å²) in [4.78, 5) is 122. The smallest absolute Gasteiger partial charge is 0.325 e. The standard InChI is InChI=1S/C29H26BrF2N7O5.C19H18N4O5.C10H10BrF2N3O.2CH4.ClH.S2.H2S/c1-3-44-26(42)10-24-33-11-17(12-34-24)16-4-6-21-19(8-16)27(15(2)40)37-39(21)14-25(41)38-13-18(31)9-22(38)29(43)36-23-7-5-20(32)28(30)35-23;1-3-28-18(27)7-16-20-8-13(9-21-16)12-4-5-15-14(6-12)19(11(2)24)22-23(15)10-17(25)26;11-9-6(13)1-2-8(15-9)16-10(17)7-3-5(12)4-14-7;;;;1-2;/h4-8,11-12,18,22H,3,9-10,13-14H2,1-2H3,(H,35,36,43);4-6,8-9H,3,7,10H2,1-2H3,(H,25,26);1-2,5,7,14H,3-4H2,(H,15,16,17);2*1H4;1H;;1H2/t18-,22+;;5-,7+;;;;;/m1.1...../s1. The number of aliphatic carboxylic acids is 1. The number of carboxylic acid groups (broad SMARTS) is 1. The summed E-state index contributed by atoms with van der Waals surface area (Å²) < 4.78 is 66.1. The Morgan fingerprint density at radius 2 is 1.07 bits per heavy atom. The number of halogens is 7. The van der Waals surface area contributed by atoms with Gasteiger partial charge in [-0.3, -0.25) is 47.7 Å². The van der Waals surface area contributed by atoms with Crippen molar-refractivity contribution in [3.8, 4) is 22.3 Å². The van der Waals surface area contributed by atoms with E-state index in [-0.39, 0.29) is 149 Å². The summed E-state index contributed by atoms with van der Waals surface area (Å²) in [7, 11) is 0. The maximum Gasteiger partial charge on any atom is 0.325 e. The number of ether oxygens (including phenoxy) is 2. The van der Waals surface area contributed by atoms with Gasteiger partial charge in [0.15, 0.2) is 23.2 Å². The molecule has 0 aliphatic carbocycles. The SMILES string of the molecule is C.C.CCOC(=O)Cc1ncc(-c2ccc3c(c2)c(C(C)=O)nn3CC(=O)N2C[C@H](F)C[C@H]2C(=O)Nc2ccc(F)c(Br)n2)cn1.CCOC(=O)Cc1ncc(-c2ccc3c(c2)c(C(C)=O)nn3CC(=O)O)cn1.Cl.O=C(Nc1ccc(F)c(Br)n1)[C@@H]1C[C@@H](F)CN1.S.S=S. The van der Waals surface area contributed by atoms with Gasteiger partial charge in [0.25, 0.3) is 0 Å². The van der Waals surface area contributed by atoms with Gasteiger partial charge in [-0.15, -0.1) is 12.4 Å². The van der Waals surface area contributed by atoms with E-state index in [2.05, 4.69) is 110 Å². The number of hydrogen-bond acceptors (Lipinski definition) is 21. The number of benzene rings is 2. The van der Waals surface area contributed by atoms with Crippen LogP contribution in [-0.4, -0.2) is 157 Å². The summed E-state index contributed by atoms with van der Waals surface area (Å²) >= 11 is 13.2. The first-order chi connectivity index (χ1) is 43.5. The third kappa shape index (κ3) is 21.6. The van der Waals surface area contributed by atoms with Crippen LogP contribution in [0.15, 0.2) is 94.7 Å². The number of alkyl halides is 2. The first-order valence-electron chi connectivity index (χ1n) is 27.4. The highest BCUT2D eigenvalue weighted by Crippen LogP contribution is 2.30. The van der Waals surface area contributed by atoms with Gasteiger partial charge in [-0.2, -0.15) is 23.7 Å². The van der Waals surface area contributed by atoms with Gasteiger partial charge in [0, 0.05) is 102 Å². The lowest BCUT2D eigenvalue weighted by Gasteiger charge is -2.23. The largest absolute Gasteiger partial charge is 0.480 e. The second kappa shape index (κ2) is 37.7. The lowest BCUT2D eigenvalue weighted by molar-refractivity contribution is -0.143. The van der Waals surface area contributed by atoms with Crippen LogP contribution in [0.25, 0.3) is 44.1 Å². The zero-order valence-corrected chi connectivity index (χ0v) is 56.0. The molecule has 25 nitrogen and oxygen atoms in total. The minimum absolute atomic E-state index is 0. The number of likely N-dealkylation sites (tertiary alicyclic amines) is 1. The highest BCUT2D eigenvalue weighted by atomic mass is 79.9. The summed E-state index contributed by atoms with van der Waals surface area (Å²) in [6.45, 7) is 5.91. The van der Waals surface area contributed by atoms with Crippen LogP contribution >= 0.6 is 57.8 Å². The van der Waals surface area contributed by atoms with Crippen LogP contribution in [0.3, 0.4) is 0 Å². The fraction of sp³-hybridized carbons (Fsp3) is 0.333. The number of nitrogens with zero attached hydrogens (tertiary/aromatic N) is 11. The van der Waals surface area contributed by atoms with E-state index in [1.165, 1.54) is 41.4 Å². The minimum Gasteiger partial charge on any atom is -0.480 e. The average molecular weight is 1530 g/mol. The number of pyridine rings is 2. The van der Waals surface area contributed by atoms with E-state index in [0.29, 0.717) is 56.8 Å². The molecule has 0 spiro atoms. The van der Waals surface area contributed by atoms with Crippen LogP contribution in [-0.2, 0) is 86.5 Å². The molecule has 2 aliphatic rings. The van der Waals surface area contributed by atoms with Crippen LogP contribution < -0.4 is 16.0 Å². The van der Waals surface area contributed by atoms with Gasteiger partial charge in [0.1, 0.15) is 88.2 Å². The van der Waals surface area contributed by atoms with Gasteiger partial charge >= 0.3 is 17.9 Å². The summed E-state index contributed by atoms with van der Waals surface area (Å²) in [6, 6.07) is 13.6. The highest BCUT2D eigenvalue weighted by Gasteiger charge is 2.40. The number of Topliss-reactive ketones (excluding diaryl/α,β-unsaturated/α-hetero) is 2. The maximum atomic E-state index is 14.5. The second-order valence-corrected chi connectivity index (χ2v) is 21.3. The predicted octanol–water partition coefficient (Wildman–Crippen LogP) is 8.99. The van der Waals surface area contributed by atoms with Crippen LogP contribution in [0, 0.1) is 11.6 Å². The number of ketones is 2. The molecule has 10 rings (SSSR count). The van der Waals surface area contributed by atoms with Crippen LogP contribution in [0.4, 0.5) is 29.2 Å². The Hall–Kier alpha value is -8.28. The summed E-state index contributed by atoms with van der Waals surface area (Å²) in [6.07, 6.45) is 3.69. The molecule has 4 atom stereocenters. The lowest BCUT2D eigenvalue weighted by atomic mass is 10.0. The van der Waals surface area contributed by atoms with Crippen molar-refractivity contribution in [1.82, 2.24) is 59.7 Å². The Labute approximate surface area is 581 Å². The number of aromatic nitrogens is 10. The molecule has 4 N–H and O–H groups in total. The second-order valence-electron chi connectivity index (χ2n) is 19.8. The molecule has 95 heavy (non-hydrogen) atoms. The fourth-order valence-electron chi connectivity index (χ4n) is 9.30. The molecular formula is C60H65Br2ClF4N14O11S3. The quantitative estimate of drug-likeness (QED) is 0.0269. The molecule has 2 saturated heterocycles. The van der Waals surface area contributed by atoms with Crippen molar-refractivity contribution in [2.45, 2.75) is 106 Å². The first-order valence-corrected chi connectivity index (χ1v) is 30.3. The number of nitrogens with one attached hydrogen (secondary N) is 3. The third-order valence-electron chi connectivity index (χ3n) is 13.4. The van der Waals surface area contributed by atoms with Gasteiger partial charge in [0.2, 0.25) is 17.7 Å². The minimum atomic E-state index is -1.43. The van der Waals surface area contributed by atoms with Gasteiger partial charge in [0.05, 0.1) is 36.8 Å². The Bertz CT molecular complexity index is 4060. The monoisotopic (exact) mass is 1520 g/mol. The Morgan fingerprint density at radius 3 is 1.46 bits per heavy atom. The Balaban J connectivity index is 0.000000395. The summed E-state index contributed by atoms with van der Waals surface area (Å²) in [5.41, 5.74) is 4.09. The Morgan fingerprint density at radius 1 is 0.642 bits per heavy atom. The van der Waals surface area contributed by atoms with Gasteiger partial charge < -0.3 is 35.4 Å². The molecule has 8 heterocycles. The van der Waals surface area contributed by atoms with Crippen molar-refractivity contribution < 1.29 is 70.5 Å². The molecule has 0 bridgehead atoms. The van der Waals surface area contributed by atoms with E-state index in [9.17, 15) is 55.9 Å². The van der Waals surface area contributed by atoms with Gasteiger partial charge in [-0.05, 0) is 105 Å². The van der Waals surface area contributed by atoms with Crippen LogP contribution in [0.1, 0.15) is 88.0 Å². The van der Waals surface area contributed by atoms with Crippen molar-refractivity contribution in [2.75, 3.05) is 36.9 Å². The predicted molar refractivity (Wildman–Crippen MR) is 363 cm³/mol. The summed E-state index contributed by atoms with van der Waals surface area (Å²) in [5.74, 6) is -4.29. The molecule has 6 aromatic heterocycles. The number of anilines is 2. The van der Waals surface area contributed by atoms with Crippen LogP contribution in [0.5, 0.6) is 0 Å². The number of rotatable bonds is 18. The number of carbonyl (C=O) groups excluding carboxylic acids is 7. The highest BCUT2D eigenvalue weighted by molar-refractivity contribution is 9.10. The molecular weight excluding hydrogens is 1460 g/mol. The van der Waals surface area contributed by atoms with Crippen LogP contribution in [0.2, 0.25) is 0 Å². The molecule has 0 unspecified atom stereocenters. The zero-order chi connectivity index (χ0) is 66.2. The van der Waals surface area contributed by atoms with Crippen molar-refractivity contribution in [3.63, 3.8) is 0 Å². The third-order valence-corrected chi connectivity index (χ3v) is 14.5. The maximum absolute atomic E-state index is 14.5. The topological polar surface area (TPSA) is 328 Å². The Kier molecular flexibility index (Phi) is 32.1.